The molecule has 1 aromatic heterocycles. The molecule has 170 valence electrons. The maximum atomic E-state index is 14.2. The van der Waals surface area contributed by atoms with Crippen LogP contribution in [-0.4, -0.2) is 25.4 Å². The van der Waals surface area contributed by atoms with Crippen molar-refractivity contribution >= 4 is 33.2 Å². The van der Waals surface area contributed by atoms with Gasteiger partial charge in [0.25, 0.3) is 0 Å². The van der Waals surface area contributed by atoms with E-state index in [4.69, 9.17) is 0 Å². The van der Waals surface area contributed by atoms with Crippen molar-refractivity contribution < 1.29 is 26.0 Å². The lowest BCUT2D eigenvalue weighted by Gasteiger charge is -2.09. The van der Waals surface area contributed by atoms with E-state index in [0.29, 0.717) is 34.1 Å². The zero-order valence-corrected chi connectivity index (χ0v) is 17.9. The Morgan fingerprint density at radius 1 is 1.00 bits per heavy atom. The third-order valence-electron chi connectivity index (χ3n) is 5.01. The molecule has 33 heavy (non-hydrogen) atoms. The Morgan fingerprint density at radius 3 is 2.48 bits per heavy atom. The van der Waals surface area contributed by atoms with Gasteiger partial charge in [0.2, 0.25) is 10.0 Å². The van der Waals surface area contributed by atoms with Gasteiger partial charge >= 0.3 is 6.18 Å². The zero-order valence-electron chi connectivity index (χ0n) is 17.1. The van der Waals surface area contributed by atoms with E-state index in [1.165, 1.54) is 31.3 Å². The first-order valence-electron chi connectivity index (χ1n) is 9.66. The summed E-state index contributed by atoms with van der Waals surface area (Å²) in [5, 5.41) is 0. The molecule has 0 aliphatic rings. The van der Waals surface area contributed by atoms with E-state index < -0.39 is 27.6 Å². The maximum Gasteiger partial charge on any atom is 0.419 e. The van der Waals surface area contributed by atoms with Gasteiger partial charge in [0, 0.05) is 11.1 Å². The Balaban J connectivity index is 1.70. The molecule has 0 aliphatic carbocycles. The van der Waals surface area contributed by atoms with Crippen LogP contribution in [0.25, 0.3) is 34.3 Å². The van der Waals surface area contributed by atoms with Crippen molar-refractivity contribution in [3.63, 3.8) is 0 Å². The summed E-state index contributed by atoms with van der Waals surface area (Å²) in [5.41, 5.74) is 0.666. The molecule has 1 heterocycles. The minimum absolute atomic E-state index is 0.113. The fourth-order valence-corrected chi connectivity index (χ4v) is 4.34. The van der Waals surface area contributed by atoms with Crippen LogP contribution in [0, 0.1) is 5.82 Å². The van der Waals surface area contributed by atoms with Crippen molar-refractivity contribution in [2.75, 3.05) is 7.05 Å². The molecule has 0 unspecified atom stereocenters. The molecule has 4 aromatic rings. The van der Waals surface area contributed by atoms with E-state index >= 15 is 0 Å². The largest absolute Gasteiger partial charge is 0.419 e. The van der Waals surface area contributed by atoms with E-state index in [-0.39, 0.29) is 10.5 Å². The topological polar surface area (TPSA) is 74.8 Å². The highest BCUT2D eigenvalue weighted by atomic mass is 32.2. The molecular weight excluding hydrogens is 458 g/mol. The first-order chi connectivity index (χ1) is 15.6. The number of nitrogens with one attached hydrogen (secondary N) is 2. The SMILES string of the molecule is CNS(=O)(=O)c1ccccc1-c1ccc2[nH]c(C=Cc3cccc(C(F)(F)F)c3F)nc2c1. The number of alkyl halides is 3. The molecule has 0 aliphatic heterocycles. The average molecular weight is 475 g/mol. The molecular formula is C23H17F4N3O2S. The van der Waals surface area contributed by atoms with Gasteiger partial charge < -0.3 is 4.98 Å². The van der Waals surface area contributed by atoms with Gasteiger partial charge in [-0.05, 0) is 49.0 Å². The summed E-state index contributed by atoms with van der Waals surface area (Å²) in [6, 6.07) is 14.7. The van der Waals surface area contributed by atoms with Crippen LogP contribution in [0.1, 0.15) is 17.0 Å². The molecule has 0 bridgehead atoms. The Bertz CT molecular complexity index is 1470. The highest BCUT2D eigenvalue weighted by Gasteiger charge is 2.34. The molecule has 0 atom stereocenters. The third-order valence-corrected chi connectivity index (χ3v) is 6.48. The standard InChI is InChI=1S/C23H17F4N3O2S/c1-28-33(31,32)20-8-3-2-6-16(20)15-9-11-18-19(13-15)30-21(29-18)12-10-14-5-4-7-17(22(14)24)23(25,26)27/h2-13,28H,1H3,(H,29,30). The summed E-state index contributed by atoms with van der Waals surface area (Å²) in [4.78, 5) is 7.48. The van der Waals surface area contributed by atoms with Gasteiger partial charge in [-0.25, -0.2) is 22.5 Å². The highest BCUT2D eigenvalue weighted by molar-refractivity contribution is 7.89. The van der Waals surface area contributed by atoms with Crippen LogP contribution < -0.4 is 4.72 Å². The minimum atomic E-state index is -4.79. The van der Waals surface area contributed by atoms with Gasteiger partial charge in [0.1, 0.15) is 11.6 Å². The predicted molar refractivity (Wildman–Crippen MR) is 118 cm³/mol. The summed E-state index contributed by atoms with van der Waals surface area (Å²) >= 11 is 0. The van der Waals surface area contributed by atoms with Crippen LogP contribution >= 0.6 is 0 Å². The number of fused-ring (bicyclic) bond motifs is 1. The van der Waals surface area contributed by atoms with Gasteiger partial charge in [-0.1, -0.05) is 36.4 Å². The van der Waals surface area contributed by atoms with Gasteiger partial charge in [0.05, 0.1) is 21.5 Å². The second-order valence-corrected chi connectivity index (χ2v) is 8.95. The molecule has 0 amide bonds. The third kappa shape index (κ3) is 4.53. The number of H-pyrrole nitrogens is 1. The van der Waals surface area contributed by atoms with E-state index in [0.717, 1.165) is 6.07 Å². The molecule has 5 nitrogen and oxygen atoms in total. The first-order valence-corrected chi connectivity index (χ1v) is 11.1. The summed E-state index contributed by atoms with van der Waals surface area (Å²) < 4.78 is 80.0. The van der Waals surface area contributed by atoms with Gasteiger partial charge in [-0.15, -0.1) is 0 Å². The van der Waals surface area contributed by atoms with E-state index in [2.05, 4.69) is 14.7 Å². The number of benzene rings is 3. The smallest absolute Gasteiger partial charge is 0.338 e. The minimum Gasteiger partial charge on any atom is -0.338 e. The second-order valence-electron chi connectivity index (χ2n) is 7.10. The normalized spacial score (nSPS) is 12.6. The molecule has 0 radical (unpaired) electrons. The molecule has 3 aromatic carbocycles. The number of imidazole rings is 1. The van der Waals surface area contributed by atoms with E-state index in [9.17, 15) is 26.0 Å². The number of nitrogens with zero attached hydrogens (tertiary/aromatic N) is 1. The Kier molecular flexibility index (Phi) is 5.81. The van der Waals surface area contributed by atoms with Crippen molar-refractivity contribution in [2.24, 2.45) is 0 Å². The summed E-state index contributed by atoms with van der Waals surface area (Å²) in [6.07, 6.45) is -2.21. The molecule has 0 spiro atoms. The molecule has 0 saturated heterocycles. The summed E-state index contributed by atoms with van der Waals surface area (Å²) in [6.45, 7) is 0. The fourth-order valence-electron chi connectivity index (χ4n) is 3.39. The number of hydrogen-bond donors (Lipinski definition) is 2. The molecule has 2 N–H and O–H groups in total. The van der Waals surface area contributed by atoms with Crippen molar-refractivity contribution in [1.29, 1.82) is 0 Å². The number of aromatic nitrogens is 2. The highest BCUT2D eigenvalue weighted by Crippen LogP contribution is 2.33. The summed E-state index contributed by atoms with van der Waals surface area (Å²) in [5.74, 6) is -1.06. The lowest BCUT2D eigenvalue weighted by atomic mass is 10.1. The number of hydrogen-bond acceptors (Lipinski definition) is 3. The summed E-state index contributed by atoms with van der Waals surface area (Å²) in [7, 11) is -2.36. The van der Waals surface area contributed by atoms with Crippen LogP contribution in [0.3, 0.4) is 0 Å². The lowest BCUT2D eigenvalue weighted by molar-refractivity contribution is -0.140. The lowest BCUT2D eigenvalue weighted by Crippen LogP contribution is -2.19. The van der Waals surface area contributed by atoms with Gasteiger partial charge in [-0.2, -0.15) is 13.2 Å². The van der Waals surface area contributed by atoms with Crippen molar-refractivity contribution in [1.82, 2.24) is 14.7 Å². The zero-order chi connectivity index (χ0) is 23.8. The van der Waals surface area contributed by atoms with Crippen LogP contribution in [0.2, 0.25) is 0 Å². The predicted octanol–water partition coefficient (Wildman–Crippen LogP) is 5.47. The Morgan fingerprint density at radius 2 is 1.76 bits per heavy atom. The Labute approximate surface area is 186 Å². The van der Waals surface area contributed by atoms with Crippen LogP contribution in [0.5, 0.6) is 0 Å². The van der Waals surface area contributed by atoms with Crippen LogP contribution in [0.15, 0.2) is 65.6 Å². The Hall–Kier alpha value is -3.50. The molecule has 4 rings (SSSR count). The fraction of sp³-hybridized carbons (Fsp3) is 0.0870. The monoisotopic (exact) mass is 475 g/mol. The number of sulfonamides is 1. The van der Waals surface area contributed by atoms with E-state index in [1.54, 1.807) is 36.4 Å². The van der Waals surface area contributed by atoms with E-state index in [1.807, 2.05) is 0 Å². The number of aromatic amines is 1. The molecule has 10 heteroatoms. The van der Waals surface area contributed by atoms with Gasteiger partial charge in [0.15, 0.2) is 0 Å². The second kappa shape index (κ2) is 8.45. The van der Waals surface area contributed by atoms with Crippen molar-refractivity contribution in [2.45, 2.75) is 11.1 Å². The maximum absolute atomic E-state index is 14.2. The van der Waals surface area contributed by atoms with Crippen molar-refractivity contribution in [3.05, 3.63) is 83.4 Å². The van der Waals surface area contributed by atoms with Gasteiger partial charge in [-0.3, -0.25) is 0 Å². The quantitative estimate of drug-likeness (QED) is 0.376. The van der Waals surface area contributed by atoms with Crippen LogP contribution in [0.4, 0.5) is 17.6 Å². The molecule has 0 saturated carbocycles. The average Bonchev–Trinajstić information content (AvgIpc) is 3.19. The number of halogens is 4. The molecule has 0 fully saturated rings. The number of rotatable bonds is 5. The first kappa shape index (κ1) is 22.7. The van der Waals surface area contributed by atoms with Crippen LogP contribution in [-0.2, 0) is 16.2 Å². The van der Waals surface area contributed by atoms with Crippen molar-refractivity contribution in [3.8, 4) is 11.1 Å².